The Morgan fingerprint density at radius 3 is 2.35 bits per heavy atom. The number of carbonyl (C=O) groups excluding carboxylic acids is 1. The quantitative estimate of drug-likeness (QED) is 0.298. The summed E-state index contributed by atoms with van der Waals surface area (Å²) in [6.07, 6.45) is 0. The Morgan fingerprint density at radius 2 is 1.88 bits per heavy atom. The molecule has 0 saturated carbocycles. The Kier molecular flexibility index (Phi) is 3.95. The summed E-state index contributed by atoms with van der Waals surface area (Å²) in [5.74, 6) is -2.92. The number of hydrogen-bond donors (Lipinski definition) is 1. The predicted molar refractivity (Wildman–Crippen MR) is 54.0 cm³/mol. The monoisotopic (exact) mass is 266 g/mol. The molecular formula is C9H6ClF3N2O2. The molecule has 17 heavy (non-hydrogen) atoms. The molecule has 0 fully saturated rings. The second kappa shape index (κ2) is 5.05. The van der Waals surface area contributed by atoms with Crippen molar-refractivity contribution in [2.45, 2.75) is 5.38 Å². The highest BCUT2D eigenvalue weighted by atomic mass is 35.5. The van der Waals surface area contributed by atoms with Crippen LogP contribution in [0.5, 0.6) is 0 Å². The minimum Gasteiger partial charge on any atom is -0.380 e. The Hall–Kier alpha value is -1.76. The van der Waals surface area contributed by atoms with Gasteiger partial charge in [0, 0.05) is 5.56 Å². The molecule has 0 aliphatic heterocycles. The summed E-state index contributed by atoms with van der Waals surface area (Å²) in [4.78, 5) is 14.3. The lowest BCUT2D eigenvalue weighted by atomic mass is 10.2. The molecule has 0 radical (unpaired) electrons. The molecule has 1 aromatic rings. The van der Waals surface area contributed by atoms with Crippen LogP contribution in [0.4, 0.5) is 13.2 Å². The van der Waals surface area contributed by atoms with Crippen LogP contribution in [0.15, 0.2) is 29.4 Å². The number of nitrogens with zero attached hydrogens (tertiary/aromatic N) is 1. The summed E-state index contributed by atoms with van der Waals surface area (Å²) >= 11 is 4.37. The first-order valence-electron chi connectivity index (χ1n) is 4.18. The number of nitrogens with two attached hydrogens (primary N) is 1. The van der Waals surface area contributed by atoms with Crippen molar-refractivity contribution in [3.8, 4) is 0 Å². The fourth-order valence-corrected chi connectivity index (χ4v) is 0.850. The van der Waals surface area contributed by atoms with E-state index in [4.69, 9.17) is 5.73 Å². The number of carbonyl (C=O) groups is 1. The summed E-state index contributed by atoms with van der Waals surface area (Å²) < 4.78 is 36.8. The van der Waals surface area contributed by atoms with Gasteiger partial charge in [0.15, 0.2) is 5.84 Å². The molecule has 0 aliphatic rings. The normalized spacial score (nSPS) is 12.4. The van der Waals surface area contributed by atoms with Crippen LogP contribution in [0.1, 0.15) is 5.56 Å². The van der Waals surface area contributed by atoms with Crippen molar-refractivity contribution in [2.75, 3.05) is 0 Å². The molecule has 0 aromatic heterocycles. The van der Waals surface area contributed by atoms with E-state index in [0.717, 1.165) is 12.1 Å². The second-order valence-electron chi connectivity index (χ2n) is 2.86. The maximum atomic E-state index is 12.5. The van der Waals surface area contributed by atoms with Crippen LogP contribution in [0.3, 0.4) is 0 Å². The van der Waals surface area contributed by atoms with Crippen molar-refractivity contribution in [1.29, 1.82) is 0 Å². The maximum absolute atomic E-state index is 12.5. The van der Waals surface area contributed by atoms with Gasteiger partial charge in [-0.25, -0.2) is 9.18 Å². The molecule has 0 spiro atoms. The van der Waals surface area contributed by atoms with Crippen LogP contribution in [-0.4, -0.2) is 17.2 Å². The number of oxime groups is 1. The maximum Gasteiger partial charge on any atom is 0.420 e. The highest BCUT2D eigenvalue weighted by Crippen LogP contribution is 2.20. The van der Waals surface area contributed by atoms with Gasteiger partial charge in [0.05, 0.1) is 0 Å². The first kappa shape index (κ1) is 13.3. The molecule has 2 N–H and O–H groups in total. The summed E-state index contributed by atoms with van der Waals surface area (Å²) in [5.41, 5.74) is 5.50. The van der Waals surface area contributed by atoms with Gasteiger partial charge in [-0.1, -0.05) is 5.16 Å². The average Bonchev–Trinajstić information content (AvgIpc) is 2.25. The number of amidine groups is 1. The van der Waals surface area contributed by atoms with Gasteiger partial charge in [-0.05, 0) is 35.9 Å². The standard InChI is InChI=1S/C9H6ClF3N2O2/c10-9(12,13)8(16)17-15-7(14)5-1-3-6(11)4-2-5/h1-4H,(H2,14,15). The van der Waals surface area contributed by atoms with Crippen LogP contribution >= 0.6 is 11.6 Å². The highest BCUT2D eigenvalue weighted by molar-refractivity contribution is 6.31. The SMILES string of the molecule is N/C(=N\OC(=O)C(F)(F)Cl)c1ccc(F)cc1. The smallest absolute Gasteiger partial charge is 0.380 e. The topological polar surface area (TPSA) is 64.7 Å². The van der Waals surface area contributed by atoms with E-state index >= 15 is 0 Å². The lowest BCUT2D eigenvalue weighted by molar-refractivity contribution is -0.161. The van der Waals surface area contributed by atoms with E-state index in [9.17, 15) is 18.0 Å². The van der Waals surface area contributed by atoms with Gasteiger partial charge in [-0.2, -0.15) is 8.78 Å². The molecule has 0 aliphatic carbocycles. The molecule has 0 bridgehead atoms. The van der Waals surface area contributed by atoms with Crippen molar-refractivity contribution in [3.05, 3.63) is 35.6 Å². The van der Waals surface area contributed by atoms with Gasteiger partial charge in [0.2, 0.25) is 0 Å². The molecular weight excluding hydrogens is 261 g/mol. The van der Waals surface area contributed by atoms with Gasteiger partial charge in [0.25, 0.3) is 0 Å². The molecule has 0 saturated heterocycles. The molecule has 0 amide bonds. The zero-order chi connectivity index (χ0) is 13.1. The van der Waals surface area contributed by atoms with Crippen molar-refractivity contribution in [2.24, 2.45) is 10.9 Å². The molecule has 1 rings (SSSR count). The molecule has 92 valence electrons. The van der Waals surface area contributed by atoms with E-state index in [-0.39, 0.29) is 11.4 Å². The number of benzene rings is 1. The van der Waals surface area contributed by atoms with E-state index in [0.29, 0.717) is 0 Å². The molecule has 8 heteroatoms. The van der Waals surface area contributed by atoms with Gasteiger partial charge < -0.3 is 10.6 Å². The summed E-state index contributed by atoms with van der Waals surface area (Å²) in [7, 11) is 0. The average molecular weight is 267 g/mol. The minimum absolute atomic E-state index is 0.206. The van der Waals surface area contributed by atoms with Crippen molar-refractivity contribution < 1.29 is 22.8 Å². The van der Waals surface area contributed by atoms with E-state index in [1.165, 1.54) is 12.1 Å². The number of alkyl halides is 3. The Bertz CT molecular complexity index is 443. The van der Waals surface area contributed by atoms with E-state index in [2.05, 4.69) is 21.6 Å². The Labute approximate surface area is 98.8 Å². The van der Waals surface area contributed by atoms with Gasteiger partial charge in [-0.15, -0.1) is 0 Å². The molecule has 4 nitrogen and oxygen atoms in total. The lowest BCUT2D eigenvalue weighted by Gasteiger charge is -2.04. The van der Waals surface area contributed by atoms with E-state index in [1.807, 2.05) is 0 Å². The number of hydrogen-bond acceptors (Lipinski definition) is 3. The zero-order valence-corrected chi connectivity index (χ0v) is 8.92. The Balaban J connectivity index is 2.74. The van der Waals surface area contributed by atoms with Crippen molar-refractivity contribution >= 4 is 23.4 Å². The third-order valence-corrected chi connectivity index (χ3v) is 1.75. The van der Waals surface area contributed by atoms with Crippen LogP contribution in [0, 0.1) is 5.82 Å². The summed E-state index contributed by atoms with van der Waals surface area (Å²) in [6.45, 7) is 0. The van der Waals surface area contributed by atoms with Gasteiger partial charge in [-0.3, -0.25) is 0 Å². The zero-order valence-electron chi connectivity index (χ0n) is 8.16. The lowest BCUT2D eigenvalue weighted by Crippen LogP contribution is -2.24. The van der Waals surface area contributed by atoms with Crippen LogP contribution in [0.2, 0.25) is 0 Å². The third kappa shape index (κ3) is 3.95. The first-order valence-corrected chi connectivity index (χ1v) is 4.56. The van der Waals surface area contributed by atoms with Crippen LogP contribution < -0.4 is 5.73 Å². The molecule has 1 aromatic carbocycles. The van der Waals surface area contributed by atoms with Crippen LogP contribution in [0.25, 0.3) is 0 Å². The van der Waals surface area contributed by atoms with E-state index < -0.39 is 17.2 Å². The summed E-state index contributed by atoms with van der Waals surface area (Å²) in [6, 6.07) is 4.63. The summed E-state index contributed by atoms with van der Waals surface area (Å²) in [5, 5.41) is -1.23. The molecule has 0 heterocycles. The third-order valence-electron chi connectivity index (χ3n) is 1.60. The van der Waals surface area contributed by atoms with E-state index in [1.54, 1.807) is 0 Å². The fraction of sp³-hybridized carbons (Fsp3) is 0.111. The Morgan fingerprint density at radius 1 is 1.35 bits per heavy atom. The first-order chi connectivity index (χ1) is 7.80. The fourth-order valence-electron chi connectivity index (χ4n) is 0.816. The minimum atomic E-state index is -4.17. The van der Waals surface area contributed by atoms with Crippen molar-refractivity contribution in [1.82, 2.24) is 0 Å². The van der Waals surface area contributed by atoms with Crippen molar-refractivity contribution in [3.63, 3.8) is 0 Å². The second-order valence-corrected chi connectivity index (χ2v) is 3.33. The number of halogens is 4. The largest absolute Gasteiger partial charge is 0.420 e. The predicted octanol–water partition coefficient (Wildman–Crippen LogP) is 1.82. The molecule has 0 atom stereocenters. The number of rotatable bonds is 3. The van der Waals surface area contributed by atoms with Gasteiger partial charge in [0.1, 0.15) is 5.82 Å². The molecule has 0 unspecified atom stereocenters. The van der Waals surface area contributed by atoms with Gasteiger partial charge >= 0.3 is 11.4 Å². The highest BCUT2D eigenvalue weighted by Gasteiger charge is 2.38. The van der Waals surface area contributed by atoms with Crippen LogP contribution in [-0.2, 0) is 9.63 Å².